The van der Waals surface area contributed by atoms with Gasteiger partial charge in [-0.3, -0.25) is 4.79 Å². The maximum Gasteiger partial charge on any atom is 0.328 e. The molecule has 0 fully saturated rings. The fourth-order valence-corrected chi connectivity index (χ4v) is 2.28. The molecule has 1 aromatic carbocycles. The van der Waals surface area contributed by atoms with E-state index < -0.39 is 17.9 Å². The number of rotatable bonds is 6. The molecule has 7 heteroatoms. The monoisotopic (exact) mass is 381 g/mol. The Labute approximate surface area is 141 Å². The highest BCUT2D eigenvalue weighted by atomic mass is 79.9. The van der Waals surface area contributed by atoms with Gasteiger partial charge in [-0.15, -0.1) is 0 Å². The summed E-state index contributed by atoms with van der Waals surface area (Å²) in [5.74, 6) is -0.266. The second kappa shape index (κ2) is 7.82. The molecule has 0 saturated heterocycles. The molecule has 0 aliphatic rings. The summed E-state index contributed by atoms with van der Waals surface area (Å²) >= 11 is 3.35. The number of carbonyl (C=O) groups is 2. The Morgan fingerprint density at radius 1 is 1.35 bits per heavy atom. The van der Waals surface area contributed by atoms with Gasteiger partial charge in [0.15, 0.2) is 5.76 Å². The average Bonchev–Trinajstić information content (AvgIpc) is 3.07. The van der Waals surface area contributed by atoms with Gasteiger partial charge >= 0.3 is 5.97 Å². The van der Waals surface area contributed by atoms with Crippen molar-refractivity contribution >= 4 is 27.8 Å². The number of ether oxygens (including phenoxy) is 2. The van der Waals surface area contributed by atoms with Gasteiger partial charge in [-0.25, -0.2) is 4.79 Å². The average molecular weight is 382 g/mol. The fraction of sp³-hybridized carbons (Fsp3) is 0.250. The van der Waals surface area contributed by atoms with Gasteiger partial charge in [0.2, 0.25) is 0 Å². The van der Waals surface area contributed by atoms with E-state index in [9.17, 15) is 9.59 Å². The minimum atomic E-state index is -0.800. The number of furan rings is 1. The van der Waals surface area contributed by atoms with E-state index >= 15 is 0 Å². The van der Waals surface area contributed by atoms with Gasteiger partial charge in [0.1, 0.15) is 18.4 Å². The summed E-state index contributed by atoms with van der Waals surface area (Å²) < 4.78 is 16.2. The lowest BCUT2D eigenvalue weighted by Crippen LogP contribution is -2.39. The molecule has 1 heterocycles. The van der Waals surface area contributed by atoms with Crippen molar-refractivity contribution in [2.45, 2.75) is 19.6 Å². The molecule has 2 aromatic rings. The zero-order valence-corrected chi connectivity index (χ0v) is 14.3. The van der Waals surface area contributed by atoms with Crippen molar-refractivity contribution in [1.29, 1.82) is 0 Å². The Bertz CT molecular complexity index is 684. The smallest absolute Gasteiger partial charge is 0.328 e. The summed E-state index contributed by atoms with van der Waals surface area (Å²) in [7, 11) is 1.54. The van der Waals surface area contributed by atoms with Crippen LogP contribution in [0.15, 0.2) is 45.5 Å². The largest absolute Gasteiger partial charge is 0.496 e. The van der Waals surface area contributed by atoms with Gasteiger partial charge in [0, 0.05) is 10.0 Å². The number of benzene rings is 1. The predicted molar refractivity (Wildman–Crippen MR) is 86.1 cm³/mol. The zero-order chi connectivity index (χ0) is 16.8. The molecule has 0 aliphatic carbocycles. The summed E-state index contributed by atoms with van der Waals surface area (Å²) in [6.45, 7) is 1.59. The van der Waals surface area contributed by atoms with E-state index in [1.54, 1.807) is 32.2 Å². The van der Waals surface area contributed by atoms with Crippen molar-refractivity contribution in [2.75, 3.05) is 7.11 Å². The Balaban J connectivity index is 1.91. The first-order valence-electron chi connectivity index (χ1n) is 6.84. The molecule has 1 atom stereocenters. The van der Waals surface area contributed by atoms with Crippen molar-refractivity contribution in [2.24, 2.45) is 0 Å². The van der Waals surface area contributed by atoms with Crippen molar-refractivity contribution in [3.8, 4) is 5.75 Å². The Morgan fingerprint density at radius 2 is 2.13 bits per heavy atom. The number of halogens is 1. The Morgan fingerprint density at radius 3 is 2.78 bits per heavy atom. The topological polar surface area (TPSA) is 77.8 Å². The quantitative estimate of drug-likeness (QED) is 0.778. The first-order valence-corrected chi connectivity index (χ1v) is 7.64. The molecule has 1 N–H and O–H groups in total. The molecule has 2 rings (SSSR count). The van der Waals surface area contributed by atoms with E-state index in [4.69, 9.17) is 13.9 Å². The minimum absolute atomic E-state index is 0.0441. The third-order valence-corrected chi connectivity index (χ3v) is 3.55. The van der Waals surface area contributed by atoms with E-state index in [0.29, 0.717) is 5.75 Å². The SMILES string of the molecule is COc1ccc(Br)cc1COC(=O)[C@H](C)NC(=O)c1ccco1. The minimum Gasteiger partial charge on any atom is -0.496 e. The molecule has 122 valence electrons. The van der Waals surface area contributed by atoms with E-state index in [1.165, 1.54) is 12.3 Å². The van der Waals surface area contributed by atoms with Crippen LogP contribution in [0.4, 0.5) is 0 Å². The first kappa shape index (κ1) is 17.1. The number of hydrogen-bond donors (Lipinski definition) is 1. The molecule has 1 amide bonds. The molecular weight excluding hydrogens is 366 g/mol. The third-order valence-electron chi connectivity index (χ3n) is 3.06. The van der Waals surface area contributed by atoms with Crippen LogP contribution in [-0.2, 0) is 16.1 Å². The van der Waals surface area contributed by atoms with Gasteiger partial charge in [0.05, 0.1) is 13.4 Å². The van der Waals surface area contributed by atoms with Crippen molar-refractivity contribution in [3.05, 3.63) is 52.4 Å². The van der Waals surface area contributed by atoms with E-state index in [1.807, 2.05) is 6.07 Å². The highest BCUT2D eigenvalue weighted by Gasteiger charge is 2.19. The Hall–Kier alpha value is -2.28. The maximum absolute atomic E-state index is 12.0. The number of amides is 1. The fourth-order valence-electron chi connectivity index (χ4n) is 1.87. The van der Waals surface area contributed by atoms with Crippen molar-refractivity contribution in [3.63, 3.8) is 0 Å². The van der Waals surface area contributed by atoms with Crippen LogP contribution in [0.25, 0.3) is 0 Å². The van der Waals surface area contributed by atoms with E-state index in [-0.39, 0.29) is 12.4 Å². The molecular formula is C16H16BrNO5. The van der Waals surface area contributed by atoms with Gasteiger partial charge in [-0.2, -0.15) is 0 Å². The molecule has 0 spiro atoms. The van der Waals surface area contributed by atoms with Crippen molar-refractivity contribution in [1.82, 2.24) is 5.32 Å². The first-order chi connectivity index (χ1) is 11.0. The predicted octanol–water partition coefficient (Wildman–Crippen LogP) is 2.91. The lowest BCUT2D eigenvalue weighted by Gasteiger charge is -2.14. The number of carbonyl (C=O) groups excluding carboxylic acids is 2. The third kappa shape index (κ3) is 4.59. The lowest BCUT2D eigenvalue weighted by molar-refractivity contribution is -0.146. The summed E-state index contributed by atoms with van der Waals surface area (Å²) in [4.78, 5) is 23.8. The molecule has 0 saturated carbocycles. The van der Waals surface area contributed by atoms with E-state index in [0.717, 1.165) is 10.0 Å². The second-order valence-corrected chi connectivity index (χ2v) is 5.65. The summed E-state index contributed by atoms with van der Waals surface area (Å²) in [5.41, 5.74) is 0.722. The van der Waals surface area contributed by atoms with Crippen LogP contribution in [0.1, 0.15) is 23.0 Å². The van der Waals surface area contributed by atoms with Crippen LogP contribution in [-0.4, -0.2) is 25.0 Å². The van der Waals surface area contributed by atoms with Crippen LogP contribution in [0, 0.1) is 0 Å². The summed E-state index contributed by atoms with van der Waals surface area (Å²) in [6.07, 6.45) is 1.39. The van der Waals surface area contributed by atoms with Gasteiger partial charge < -0.3 is 19.2 Å². The molecule has 0 bridgehead atoms. The normalized spacial score (nSPS) is 11.6. The molecule has 0 aliphatic heterocycles. The summed E-state index contributed by atoms with van der Waals surface area (Å²) in [5, 5.41) is 2.51. The summed E-state index contributed by atoms with van der Waals surface area (Å²) in [6, 6.07) is 7.71. The van der Waals surface area contributed by atoms with Crippen LogP contribution in [0.5, 0.6) is 5.75 Å². The standard InChI is InChI=1S/C16H16BrNO5/c1-10(18-15(19)14-4-3-7-22-14)16(20)23-9-11-8-12(17)5-6-13(11)21-2/h3-8,10H,9H2,1-2H3,(H,18,19)/t10-/m0/s1. The lowest BCUT2D eigenvalue weighted by atomic mass is 10.2. The number of nitrogens with one attached hydrogen (secondary N) is 1. The van der Waals surface area contributed by atoms with Crippen LogP contribution >= 0.6 is 15.9 Å². The van der Waals surface area contributed by atoms with Gasteiger partial charge in [0.25, 0.3) is 5.91 Å². The van der Waals surface area contributed by atoms with Crippen LogP contribution in [0.3, 0.4) is 0 Å². The number of methoxy groups -OCH3 is 1. The molecule has 0 unspecified atom stereocenters. The molecule has 6 nitrogen and oxygen atoms in total. The number of esters is 1. The molecule has 1 aromatic heterocycles. The van der Waals surface area contributed by atoms with Crippen LogP contribution in [0.2, 0.25) is 0 Å². The maximum atomic E-state index is 12.0. The van der Waals surface area contributed by atoms with Gasteiger partial charge in [-0.1, -0.05) is 15.9 Å². The zero-order valence-electron chi connectivity index (χ0n) is 12.7. The molecule has 0 radical (unpaired) electrons. The highest BCUT2D eigenvalue weighted by molar-refractivity contribution is 9.10. The highest BCUT2D eigenvalue weighted by Crippen LogP contribution is 2.23. The Kier molecular flexibility index (Phi) is 5.81. The van der Waals surface area contributed by atoms with Gasteiger partial charge in [-0.05, 0) is 37.3 Å². The second-order valence-electron chi connectivity index (χ2n) is 4.74. The molecule has 23 heavy (non-hydrogen) atoms. The van der Waals surface area contributed by atoms with E-state index in [2.05, 4.69) is 21.2 Å². The van der Waals surface area contributed by atoms with Crippen molar-refractivity contribution < 1.29 is 23.5 Å². The number of hydrogen-bond acceptors (Lipinski definition) is 5. The van der Waals surface area contributed by atoms with Crippen LogP contribution < -0.4 is 10.1 Å².